The van der Waals surface area contributed by atoms with Crippen molar-refractivity contribution in [1.29, 1.82) is 0 Å². The zero-order chi connectivity index (χ0) is 17.5. The molecule has 0 radical (unpaired) electrons. The molecule has 0 saturated heterocycles. The summed E-state index contributed by atoms with van der Waals surface area (Å²) in [6, 6.07) is 5.65. The Morgan fingerprint density at radius 1 is 1.21 bits per heavy atom. The lowest BCUT2D eigenvalue weighted by atomic mass is 10.2. The molecule has 0 aliphatic heterocycles. The predicted molar refractivity (Wildman–Crippen MR) is 95.6 cm³/mol. The number of rotatable bonds is 8. The number of amides is 1. The summed E-state index contributed by atoms with van der Waals surface area (Å²) in [7, 11) is 0. The van der Waals surface area contributed by atoms with E-state index in [4.69, 9.17) is 9.47 Å². The van der Waals surface area contributed by atoms with Crippen molar-refractivity contribution in [3.05, 3.63) is 40.1 Å². The van der Waals surface area contributed by atoms with E-state index in [-0.39, 0.29) is 5.91 Å². The van der Waals surface area contributed by atoms with Crippen molar-refractivity contribution in [1.82, 2.24) is 15.1 Å². The molecule has 24 heavy (non-hydrogen) atoms. The molecule has 0 aliphatic carbocycles. The average Bonchev–Trinajstić information content (AvgIpc) is 2.96. The van der Waals surface area contributed by atoms with Crippen LogP contribution < -0.4 is 14.8 Å². The number of halogens is 1. The van der Waals surface area contributed by atoms with Crippen molar-refractivity contribution < 1.29 is 14.3 Å². The van der Waals surface area contributed by atoms with Gasteiger partial charge in [-0.2, -0.15) is 5.10 Å². The molecule has 0 bridgehead atoms. The lowest BCUT2D eigenvalue weighted by molar-refractivity contribution is 0.0944. The molecule has 0 spiro atoms. The first kappa shape index (κ1) is 18.3. The summed E-state index contributed by atoms with van der Waals surface area (Å²) >= 11 is 3.36. The number of aryl methyl sites for hydroxylation is 1. The molecule has 0 saturated carbocycles. The zero-order valence-electron chi connectivity index (χ0n) is 14.1. The van der Waals surface area contributed by atoms with Gasteiger partial charge in [-0.3, -0.25) is 9.48 Å². The molecule has 1 amide bonds. The van der Waals surface area contributed by atoms with Crippen molar-refractivity contribution >= 4 is 21.8 Å². The number of hydrogen-bond acceptors (Lipinski definition) is 4. The molecule has 2 rings (SSSR count). The highest BCUT2D eigenvalue weighted by Gasteiger charge is 2.15. The minimum absolute atomic E-state index is 0.221. The smallest absolute Gasteiger partial charge is 0.273 e. The molecular formula is C17H22BrN3O3. The van der Waals surface area contributed by atoms with Gasteiger partial charge in [-0.25, -0.2) is 0 Å². The van der Waals surface area contributed by atoms with Crippen molar-refractivity contribution in [2.75, 3.05) is 13.2 Å². The Labute approximate surface area is 150 Å². The maximum atomic E-state index is 12.3. The number of nitrogens with zero attached hydrogens (tertiary/aromatic N) is 2. The molecule has 130 valence electrons. The standard InChI is InChI=1S/C17H22BrN3O3/c1-4-21-11-13(18)16(20-21)17(22)19-10-12-7-8-14(23-5-2)15(9-12)24-6-3/h7-9,11H,4-6,10H2,1-3H3,(H,19,22). The van der Waals surface area contributed by atoms with Crippen LogP contribution in [0.2, 0.25) is 0 Å². The second-order valence-electron chi connectivity index (χ2n) is 5.01. The summed E-state index contributed by atoms with van der Waals surface area (Å²) in [5, 5.41) is 7.11. The summed E-state index contributed by atoms with van der Waals surface area (Å²) in [5.41, 5.74) is 1.31. The van der Waals surface area contributed by atoms with Gasteiger partial charge in [0.15, 0.2) is 17.2 Å². The molecule has 1 heterocycles. The summed E-state index contributed by atoms with van der Waals surface area (Å²) in [5.74, 6) is 1.17. The number of hydrogen-bond donors (Lipinski definition) is 1. The second-order valence-corrected chi connectivity index (χ2v) is 5.87. The zero-order valence-corrected chi connectivity index (χ0v) is 15.7. The molecule has 2 aromatic rings. The molecule has 0 fully saturated rings. The van der Waals surface area contributed by atoms with Crippen molar-refractivity contribution in [2.45, 2.75) is 33.9 Å². The van der Waals surface area contributed by atoms with E-state index in [9.17, 15) is 4.79 Å². The van der Waals surface area contributed by atoms with Gasteiger partial charge in [0, 0.05) is 19.3 Å². The van der Waals surface area contributed by atoms with Gasteiger partial charge in [0.25, 0.3) is 5.91 Å². The first-order chi connectivity index (χ1) is 11.6. The van der Waals surface area contributed by atoms with E-state index in [0.29, 0.717) is 48.0 Å². The Kier molecular flexibility index (Phi) is 6.66. The Balaban J connectivity index is 2.06. The van der Waals surface area contributed by atoms with Gasteiger partial charge in [-0.05, 0) is 54.4 Å². The van der Waals surface area contributed by atoms with E-state index >= 15 is 0 Å². The fourth-order valence-electron chi connectivity index (χ4n) is 2.18. The quantitative estimate of drug-likeness (QED) is 0.743. The molecule has 1 aromatic carbocycles. The third-order valence-corrected chi connectivity index (χ3v) is 3.90. The topological polar surface area (TPSA) is 65.4 Å². The van der Waals surface area contributed by atoms with Gasteiger partial charge in [0.2, 0.25) is 0 Å². The average molecular weight is 396 g/mol. The molecule has 0 atom stereocenters. The van der Waals surface area contributed by atoms with Crippen LogP contribution in [0.3, 0.4) is 0 Å². The lowest BCUT2D eigenvalue weighted by Crippen LogP contribution is -2.24. The number of carbonyl (C=O) groups excluding carboxylic acids is 1. The lowest BCUT2D eigenvalue weighted by Gasteiger charge is -2.12. The van der Waals surface area contributed by atoms with Crippen LogP contribution in [0.25, 0.3) is 0 Å². The summed E-state index contributed by atoms with van der Waals surface area (Å²) < 4.78 is 13.5. The fraction of sp³-hybridized carbons (Fsp3) is 0.412. The van der Waals surface area contributed by atoms with Crippen LogP contribution in [0, 0.1) is 0 Å². The monoisotopic (exact) mass is 395 g/mol. The Bertz CT molecular complexity index is 700. The molecule has 1 aromatic heterocycles. The second kappa shape index (κ2) is 8.73. The normalized spacial score (nSPS) is 10.5. The Morgan fingerprint density at radius 3 is 2.54 bits per heavy atom. The highest BCUT2D eigenvalue weighted by Crippen LogP contribution is 2.28. The van der Waals surface area contributed by atoms with Crippen molar-refractivity contribution in [2.24, 2.45) is 0 Å². The third kappa shape index (κ3) is 4.50. The summed E-state index contributed by atoms with van der Waals surface area (Å²) in [6.07, 6.45) is 1.79. The largest absolute Gasteiger partial charge is 0.490 e. The minimum Gasteiger partial charge on any atom is -0.490 e. The minimum atomic E-state index is -0.221. The van der Waals surface area contributed by atoms with Crippen molar-refractivity contribution in [3.8, 4) is 11.5 Å². The van der Waals surface area contributed by atoms with E-state index in [1.165, 1.54) is 0 Å². The number of benzene rings is 1. The number of aromatic nitrogens is 2. The van der Waals surface area contributed by atoms with E-state index < -0.39 is 0 Å². The van der Waals surface area contributed by atoms with Crippen LogP contribution in [0.5, 0.6) is 11.5 Å². The van der Waals surface area contributed by atoms with Crippen molar-refractivity contribution in [3.63, 3.8) is 0 Å². The Hall–Kier alpha value is -2.02. The van der Waals surface area contributed by atoms with Crippen LogP contribution in [-0.2, 0) is 13.1 Å². The first-order valence-electron chi connectivity index (χ1n) is 7.98. The number of ether oxygens (including phenoxy) is 2. The van der Waals surface area contributed by atoms with Crippen LogP contribution in [0.1, 0.15) is 36.8 Å². The Morgan fingerprint density at radius 2 is 1.92 bits per heavy atom. The van der Waals surface area contributed by atoms with Crippen LogP contribution >= 0.6 is 15.9 Å². The van der Waals surface area contributed by atoms with E-state index in [1.54, 1.807) is 10.9 Å². The predicted octanol–water partition coefficient (Wildman–Crippen LogP) is 3.39. The fourth-order valence-corrected chi connectivity index (χ4v) is 2.68. The molecule has 7 heteroatoms. The van der Waals surface area contributed by atoms with E-state index in [2.05, 4.69) is 26.3 Å². The SMILES string of the molecule is CCOc1ccc(CNC(=O)c2nn(CC)cc2Br)cc1OCC. The molecule has 0 aliphatic rings. The van der Waals surface area contributed by atoms with Gasteiger partial charge >= 0.3 is 0 Å². The van der Waals surface area contributed by atoms with Crippen LogP contribution in [0.4, 0.5) is 0 Å². The van der Waals surface area contributed by atoms with Gasteiger partial charge < -0.3 is 14.8 Å². The molecule has 1 N–H and O–H groups in total. The molecule has 0 unspecified atom stereocenters. The van der Waals surface area contributed by atoms with Gasteiger partial charge in [-0.1, -0.05) is 6.07 Å². The summed E-state index contributed by atoms with van der Waals surface area (Å²) in [4.78, 5) is 12.3. The number of nitrogens with one attached hydrogen (secondary N) is 1. The summed E-state index contributed by atoms with van der Waals surface area (Å²) in [6.45, 7) is 8.04. The number of carbonyl (C=O) groups is 1. The van der Waals surface area contributed by atoms with Gasteiger partial charge in [-0.15, -0.1) is 0 Å². The maximum absolute atomic E-state index is 12.3. The third-order valence-electron chi connectivity index (χ3n) is 3.32. The highest BCUT2D eigenvalue weighted by molar-refractivity contribution is 9.10. The van der Waals surface area contributed by atoms with Crippen LogP contribution in [-0.4, -0.2) is 28.9 Å². The molecule has 6 nitrogen and oxygen atoms in total. The first-order valence-corrected chi connectivity index (χ1v) is 8.77. The maximum Gasteiger partial charge on any atom is 0.273 e. The van der Waals surface area contributed by atoms with Gasteiger partial charge in [0.1, 0.15) is 0 Å². The molecular weight excluding hydrogens is 374 g/mol. The van der Waals surface area contributed by atoms with E-state index in [1.807, 2.05) is 39.0 Å². The van der Waals surface area contributed by atoms with Crippen LogP contribution in [0.15, 0.2) is 28.9 Å². The highest BCUT2D eigenvalue weighted by atomic mass is 79.9. The van der Waals surface area contributed by atoms with Gasteiger partial charge in [0.05, 0.1) is 17.7 Å². The van der Waals surface area contributed by atoms with E-state index in [0.717, 1.165) is 5.56 Å².